The predicted octanol–water partition coefficient (Wildman–Crippen LogP) is 2.86. The minimum atomic E-state index is -0.897. The van der Waals surface area contributed by atoms with Crippen LogP contribution in [0.4, 0.5) is 5.69 Å². The number of methoxy groups -OCH3 is 1. The maximum absolute atomic E-state index is 13.1. The summed E-state index contributed by atoms with van der Waals surface area (Å²) in [6.07, 6.45) is 0. The third kappa shape index (κ3) is 3.20. The van der Waals surface area contributed by atoms with E-state index in [9.17, 15) is 9.59 Å². The zero-order valence-electron chi connectivity index (χ0n) is 17.7. The molecular weight excluding hydrogens is 412 g/mol. The van der Waals surface area contributed by atoms with Gasteiger partial charge in [0.25, 0.3) is 11.8 Å². The van der Waals surface area contributed by atoms with Gasteiger partial charge in [0, 0.05) is 5.56 Å². The molecule has 0 spiro atoms. The Bertz CT molecular complexity index is 1240. The topological polar surface area (TPSA) is 113 Å². The molecule has 1 aromatic heterocycles. The molecule has 10 nitrogen and oxygen atoms in total. The van der Waals surface area contributed by atoms with Crippen LogP contribution in [0.25, 0.3) is 11.4 Å². The molecule has 1 saturated heterocycles. The first-order chi connectivity index (χ1) is 15.5. The van der Waals surface area contributed by atoms with Crippen LogP contribution in [0.15, 0.2) is 57.3 Å². The first kappa shape index (κ1) is 19.9. The Morgan fingerprint density at radius 3 is 2.53 bits per heavy atom. The number of carbonyl (C=O) groups excluding carboxylic acids is 2. The molecule has 0 saturated carbocycles. The van der Waals surface area contributed by atoms with Crippen molar-refractivity contribution < 1.29 is 18.8 Å². The van der Waals surface area contributed by atoms with E-state index in [2.05, 4.69) is 20.5 Å². The van der Waals surface area contributed by atoms with Crippen molar-refractivity contribution in [2.24, 2.45) is 10.3 Å². The highest BCUT2D eigenvalue weighted by atomic mass is 16.5. The summed E-state index contributed by atoms with van der Waals surface area (Å²) in [5.41, 5.74) is 3.59. The lowest BCUT2D eigenvalue weighted by Gasteiger charge is -2.19. The van der Waals surface area contributed by atoms with Crippen molar-refractivity contribution in [1.29, 1.82) is 0 Å². The molecule has 3 heterocycles. The summed E-state index contributed by atoms with van der Waals surface area (Å²) in [6.45, 7) is 4.12. The minimum Gasteiger partial charge on any atom is -0.497 e. The average molecular weight is 432 g/mol. The summed E-state index contributed by atoms with van der Waals surface area (Å²) in [5, 5.41) is 13.5. The van der Waals surface area contributed by atoms with E-state index in [-0.39, 0.29) is 12.4 Å². The van der Waals surface area contributed by atoms with Crippen LogP contribution in [0.1, 0.15) is 17.0 Å². The predicted molar refractivity (Wildman–Crippen MR) is 113 cm³/mol. The molecule has 0 aliphatic carbocycles. The van der Waals surface area contributed by atoms with E-state index in [1.807, 2.05) is 32.0 Å². The normalized spacial score (nSPS) is 19.7. The van der Waals surface area contributed by atoms with E-state index in [1.54, 1.807) is 31.4 Å². The molecule has 2 atom stereocenters. The molecule has 2 aliphatic rings. The number of carbonyl (C=O) groups is 2. The number of hydrogen-bond acceptors (Lipinski definition) is 9. The van der Waals surface area contributed by atoms with Crippen LogP contribution >= 0.6 is 0 Å². The molecule has 10 heteroatoms. The van der Waals surface area contributed by atoms with E-state index in [4.69, 9.17) is 9.26 Å². The van der Waals surface area contributed by atoms with E-state index >= 15 is 0 Å². The lowest BCUT2D eigenvalue weighted by atomic mass is 10.1. The highest BCUT2D eigenvalue weighted by Crippen LogP contribution is 2.33. The van der Waals surface area contributed by atoms with Gasteiger partial charge in [-0.3, -0.25) is 14.6 Å². The Morgan fingerprint density at radius 1 is 1.03 bits per heavy atom. The quantitative estimate of drug-likeness (QED) is 0.570. The number of fused-ring (bicyclic) bond motifs is 1. The standard InChI is InChI=1S/C22H20N6O4/c1-12-4-5-14(10-13(12)2)20-23-17(32-25-20)11-27-19-18(24-26-27)21(29)28(22(19)30)15-6-8-16(31-3)9-7-15/h4-10,18-19H,11H2,1-3H3. The van der Waals surface area contributed by atoms with Crippen molar-refractivity contribution in [3.05, 3.63) is 59.5 Å². The number of hydrogen-bond donors (Lipinski definition) is 0. The van der Waals surface area contributed by atoms with Gasteiger partial charge < -0.3 is 9.26 Å². The molecular formula is C22H20N6O4. The molecule has 1 fully saturated rings. The van der Waals surface area contributed by atoms with E-state index < -0.39 is 23.9 Å². The maximum Gasteiger partial charge on any atom is 0.263 e. The van der Waals surface area contributed by atoms with Gasteiger partial charge in [0.2, 0.25) is 11.7 Å². The lowest BCUT2D eigenvalue weighted by Crippen LogP contribution is -2.39. The summed E-state index contributed by atoms with van der Waals surface area (Å²) in [6, 6.07) is 10.9. The summed E-state index contributed by atoms with van der Waals surface area (Å²) in [7, 11) is 1.55. The summed E-state index contributed by atoms with van der Waals surface area (Å²) >= 11 is 0. The van der Waals surface area contributed by atoms with Gasteiger partial charge in [-0.25, -0.2) is 4.90 Å². The Hall–Kier alpha value is -4.08. The maximum atomic E-state index is 13.1. The second-order valence-corrected chi connectivity index (χ2v) is 7.71. The number of imide groups is 1. The smallest absolute Gasteiger partial charge is 0.263 e. The number of aryl methyl sites for hydroxylation is 2. The van der Waals surface area contributed by atoms with Crippen molar-refractivity contribution in [1.82, 2.24) is 15.1 Å². The highest BCUT2D eigenvalue weighted by molar-refractivity contribution is 6.25. The second kappa shape index (κ2) is 7.56. The van der Waals surface area contributed by atoms with Crippen molar-refractivity contribution in [3.8, 4) is 17.1 Å². The van der Waals surface area contributed by atoms with Gasteiger partial charge in [0.15, 0.2) is 12.1 Å². The van der Waals surface area contributed by atoms with Crippen molar-refractivity contribution >= 4 is 17.5 Å². The summed E-state index contributed by atoms with van der Waals surface area (Å²) < 4.78 is 10.5. The number of aromatic nitrogens is 2. The van der Waals surface area contributed by atoms with E-state index in [1.165, 1.54) is 10.6 Å². The number of amides is 2. The van der Waals surface area contributed by atoms with Crippen molar-refractivity contribution in [3.63, 3.8) is 0 Å². The lowest BCUT2D eigenvalue weighted by molar-refractivity contribution is -0.123. The molecule has 2 amide bonds. The number of rotatable bonds is 5. The number of ether oxygens (including phenoxy) is 1. The molecule has 2 aliphatic heterocycles. The molecule has 0 N–H and O–H groups in total. The second-order valence-electron chi connectivity index (χ2n) is 7.71. The fourth-order valence-corrected chi connectivity index (χ4v) is 3.80. The van der Waals surface area contributed by atoms with Gasteiger partial charge in [-0.1, -0.05) is 22.5 Å². The van der Waals surface area contributed by atoms with Gasteiger partial charge in [-0.05, 0) is 55.3 Å². The molecule has 5 rings (SSSR count). The molecule has 2 unspecified atom stereocenters. The molecule has 0 bridgehead atoms. The third-order valence-corrected chi connectivity index (χ3v) is 5.72. The van der Waals surface area contributed by atoms with Crippen LogP contribution in [0.2, 0.25) is 0 Å². The van der Waals surface area contributed by atoms with Crippen molar-refractivity contribution in [2.75, 3.05) is 12.0 Å². The van der Waals surface area contributed by atoms with Gasteiger partial charge in [0.05, 0.1) is 12.8 Å². The number of nitrogens with zero attached hydrogens (tertiary/aromatic N) is 6. The monoisotopic (exact) mass is 432 g/mol. The van der Waals surface area contributed by atoms with Crippen LogP contribution in [-0.2, 0) is 16.1 Å². The van der Waals surface area contributed by atoms with Crippen LogP contribution in [0.5, 0.6) is 5.75 Å². The Kier molecular flexibility index (Phi) is 4.69. The molecule has 3 aromatic rings. The van der Waals surface area contributed by atoms with Crippen LogP contribution in [0, 0.1) is 13.8 Å². The van der Waals surface area contributed by atoms with Gasteiger partial charge in [-0.15, -0.1) is 0 Å². The fraction of sp³-hybridized carbons (Fsp3) is 0.273. The van der Waals surface area contributed by atoms with Crippen LogP contribution in [0.3, 0.4) is 0 Å². The fourth-order valence-electron chi connectivity index (χ4n) is 3.80. The largest absolute Gasteiger partial charge is 0.497 e. The Balaban J connectivity index is 1.35. The highest BCUT2D eigenvalue weighted by Gasteiger charge is 2.55. The average Bonchev–Trinajstić information content (AvgIpc) is 3.49. The SMILES string of the molecule is COc1ccc(N2C(=O)C3N=NN(Cc4nc(-c5ccc(C)c(C)c5)no4)C3C2=O)cc1. The molecule has 2 aromatic carbocycles. The van der Waals surface area contributed by atoms with Crippen LogP contribution < -0.4 is 9.64 Å². The van der Waals surface area contributed by atoms with E-state index in [0.717, 1.165) is 16.0 Å². The molecule has 162 valence electrons. The third-order valence-electron chi connectivity index (χ3n) is 5.72. The van der Waals surface area contributed by atoms with E-state index in [0.29, 0.717) is 17.3 Å². The Morgan fingerprint density at radius 2 is 1.81 bits per heavy atom. The number of benzene rings is 2. The first-order valence-corrected chi connectivity index (χ1v) is 10.1. The molecule has 0 radical (unpaired) electrons. The minimum absolute atomic E-state index is 0.0674. The zero-order chi connectivity index (χ0) is 22.4. The van der Waals surface area contributed by atoms with Crippen LogP contribution in [-0.4, -0.2) is 46.2 Å². The zero-order valence-corrected chi connectivity index (χ0v) is 17.7. The van der Waals surface area contributed by atoms with Crippen molar-refractivity contribution in [2.45, 2.75) is 32.5 Å². The van der Waals surface area contributed by atoms with Gasteiger partial charge in [-0.2, -0.15) is 10.1 Å². The number of anilines is 1. The summed E-state index contributed by atoms with van der Waals surface area (Å²) in [5.74, 6) is 0.539. The first-order valence-electron chi connectivity index (χ1n) is 10.1. The molecule has 32 heavy (non-hydrogen) atoms. The van der Waals surface area contributed by atoms with Gasteiger partial charge in [0.1, 0.15) is 12.3 Å². The summed E-state index contributed by atoms with van der Waals surface area (Å²) in [4.78, 5) is 31.5. The Labute approximate surface area is 183 Å². The van der Waals surface area contributed by atoms with Gasteiger partial charge >= 0.3 is 0 Å².